The first kappa shape index (κ1) is 20.9. The van der Waals surface area contributed by atoms with Gasteiger partial charge in [-0.3, -0.25) is 9.59 Å². The van der Waals surface area contributed by atoms with E-state index in [1.807, 2.05) is 30.3 Å². The average Bonchev–Trinajstić information content (AvgIpc) is 3.06. The number of para-hydroxylation sites is 1. The number of rotatable bonds is 7. The Balaban J connectivity index is 1.91. The van der Waals surface area contributed by atoms with Crippen molar-refractivity contribution >= 4 is 17.4 Å². The fourth-order valence-electron chi connectivity index (χ4n) is 3.25. The van der Waals surface area contributed by atoms with Crippen LogP contribution in [0.5, 0.6) is 17.2 Å². The summed E-state index contributed by atoms with van der Waals surface area (Å²) in [6.45, 7) is 3.46. The number of Topliss-reactive ketones (excluding diaryl/α,β-unsaturated/α-hetero) is 1. The second kappa shape index (κ2) is 8.69. The van der Waals surface area contributed by atoms with Crippen molar-refractivity contribution in [1.82, 2.24) is 9.78 Å². The van der Waals surface area contributed by atoms with Gasteiger partial charge in [0.1, 0.15) is 0 Å². The highest BCUT2D eigenvalue weighted by Crippen LogP contribution is 2.40. The van der Waals surface area contributed by atoms with E-state index >= 15 is 0 Å². The Labute approximate surface area is 174 Å². The Bertz CT molecular complexity index is 1060. The molecule has 0 spiro atoms. The number of hydrogen-bond acceptors (Lipinski definition) is 6. The molecule has 8 nitrogen and oxygen atoms in total. The molecule has 0 bridgehead atoms. The molecule has 1 heterocycles. The Morgan fingerprint density at radius 3 is 2.07 bits per heavy atom. The van der Waals surface area contributed by atoms with E-state index in [9.17, 15) is 9.59 Å². The van der Waals surface area contributed by atoms with Gasteiger partial charge in [0.15, 0.2) is 11.5 Å². The van der Waals surface area contributed by atoms with Gasteiger partial charge in [-0.15, -0.1) is 0 Å². The predicted octanol–water partition coefficient (Wildman–Crippen LogP) is 3.34. The summed E-state index contributed by atoms with van der Waals surface area (Å²) in [5.74, 6) is -0.350. The molecule has 30 heavy (non-hydrogen) atoms. The lowest BCUT2D eigenvalue weighted by Gasteiger charge is -2.14. The summed E-state index contributed by atoms with van der Waals surface area (Å²) < 4.78 is 17.5. The first-order valence-corrected chi connectivity index (χ1v) is 9.18. The molecule has 0 aliphatic heterocycles. The molecule has 3 rings (SSSR count). The molecule has 2 aromatic carbocycles. The maximum atomic E-state index is 12.9. The summed E-state index contributed by atoms with van der Waals surface area (Å²) in [5.41, 5.74) is 2.48. The summed E-state index contributed by atoms with van der Waals surface area (Å²) in [5, 5.41) is 7.03. The molecular weight excluding hydrogens is 386 g/mol. The van der Waals surface area contributed by atoms with Gasteiger partial charge in [-0.2, -0.15) is 5.10 Å². The predicted molar refractivity (Wildman–Crippen MR) is 112 cm³/mol. The van der Waals surface area contributed by atoms with Crippen molar-refractivity contribution in [2.75, 3.05) is 26.6 Å². The minimum Gasteiger partial charge on any atom is -0.493 e. The van der Waals surface area contributed by atoms with Crippen molar-refractivity contribution in [2.45, 2.75) is 13.8 Å². The van der Waals surface area contributed by atoms with Crippen LogP contribution in [0.15, 0.2) is 42.5 Å². The average molecular weight is 409 g/mol. The number of methoxy groups -OCH3 is 3. The Morgan fingerprint density at radius 2 is 1.53 bits per heavy atom. The van der Waals surface area contributed by atoms with Gasteiger partial charge in [-0.05, 0) is 26.0 Å². The third-order valence-electron chi connectivity index (χ3n) is 4.65. The molecule has 1 aromatic heterocycles. The lowest BCUT2D eigenvalue weighted by molar-refractivity contribution is -0.112. The van der Waals surface area contributed by atoms with Crippen LogP contribution in [0.1, 0.15) is 21.7 Å². The fourth-order valence-corrected chi connectivity index (χ4v) is 3.25. The third kappa shape index (κ3) is 3.84. The molecule has 1 N–H and O–H groups in total. The monoisotopic (exact) mass is 409 g/mol. The van der Waals surface area contributed by atoms with E-state index in [0.29, 0.717) is 34.3 Å². The highest BCUT2D eigenvalue weighted by atomic mass is 16.5. The number of carbonyl (C=O) groups is 2. The van der Waals surface area contributed by atoms with E-state index in [-0.39, 0.29) is 5.56 Å². The van der Waals surface area contributed by atoms with Gasteiger partial charge < -0.3 is 19.5 Å². The van der Waals surface area contributed by atoms with Gasteiger partial charge in [0, 0.05) is 17.8 Å². The van der Waals surface area contributed by atoms with Crippen molar-refractivity contribution < 1.29 is 23.8 Å². The molecule has 0 saturated carbocycles. The number of benzene rings is 2. The standard InChI is InChI=1S/C22H23N3O5/c1-13-19(14(2)25(24-13)16-9-7-6-8-10-16)20(26)22(27)23-15-11-17(28-3)21(30-5)18(12-15)29-4/h6-12H,1-5H3,(H,23,27). The van der Waals surface area contributed by atoms with Crippen molar-refractivity contribution in [3.05, 3.63) is 59.4 Å². The van der Waals surface area contributed by atoms with E-state index in [4.69, 9.17) is 14.2 Å². The topological polar surface area (TPSA) is 91.7 Å². The third-order valence-corrected chi connectivity index (χ3v) is 4.65. The number of ether oxygens (including phenoxy) is 3. The van der Waals surface area contributed by atoms with Crippen LogP contribution in [0.4, 0.5) is 5.69 Å². The second-order valence-corrected chi connectivity index (χ2v) is 6.49. The van der Waals surface area contributed by atoms with E-state index in [1.54, 1.807) is 30.7 Å². The Kier molecular flexibility index (Phi) is 6.06. The second-order valence-electron chi connectivity index (χ2n) is 6.49. The van der Waals surface area contributed by atoms with Crippen LogP contribution in [-0.4, -0.2) is 42.8 Å². The molecule has 0 radical (unpaired) electrons. The summed E-state index contributed by atoms with van der Waals surface area (Å²) in [6.07, 6.45) is 0. The van der Waals surface area contributed by atoms with Gasteiger partial charge >= 0.3 is 0 Å². The van der Waals surface area contributed by atoms with E-state index in [0.717, 1.165) is 5.69 Å². The quantitative estimate of drug-likeness (QED) is 0.475. The van der Waals surface area contributed by atoms with Crippen LogP contribution >= 0.6 is 0 Å². The molecule has 0 aliphatic carbocycles. The Morgan fingerprint density at radius 1 is 0.933 bits per heavy atom. The molecule has 0 aliphatic rings. The van der Waals surface area contributed by atoms with Crippen LogP contribution in [0.25, 0.3) is 5.69 Å². The molecule has 0 unspecified atom stereocenters. The maximum absolute atomic E-state index is 12.9. The highest BCUT2D eigenvalue weighted by Gasteiger charge is 2.26. The smallest absolute Gasteiger partial charge is 0.296 e. The minimum atomic E-state index is -0.789. The van der Waals surface area contributed by atoms with E-state index in [2.05, 4.69) is 10.4 Å². The number of hydrogen-bond donors (Lipinski definition) is 1. The molecular formula is C22H23N3O5. The fraction of sp³-hybridized carbons (Fsp3) is 0.227. The molecule has 1 amide bonds. The van der Waals surface area contributed by atoms with Crippen LogP contribution < -0.4 is 19.5 Å². The molecule has 0 saturated heterocycles. The maximum Gasteiger partial charge on any atom is 0.296 e. The first-order valence-electron chi connectivity index (χ1n) is 9.18. The zero-order chi connectivity index (χ0) is 21.8. The number of aromatic nitrogens is 2. The molecule has 156 valence electrons. The lowest BCUT2D eigenvalue weighted by Crippen LogP contribution is -2.24. The van der Waals surface area contributed by atoms with Gasteiger partial charge in [-0.25, -0.2) is 4.68 Å². The number of amides is 1. The Hall–Kier alpha value is -3.81. The van der Waals surface area contributed by atoms with Crippen molar-refractivity contribution in [2.24, 2.45) is 0 Å². The number of nitrogens with zero attached hydrogens (tertiary/aromatic N) is 2. The van der Waals surface area contributed by atoms with Gasteiger partial charge in [-0.1, -0.05) is 18.2 Å². The minimum absolute atomic E-state index is 0.267. The van der Waals surface area contributed by atoms with E-state index < -0.39 is 11.7 Å². The van der Waals surface area contributed by atoms with Crippen LogP contribution in [0.2, 0.25) is 0 Å². The highest BCUT2D eigenvalue weighted by molar-refractivity contribution is 6.47. The summed E-state index contributed by atoms with van der Waals surface area (Å²) in [7, 11) is 4.43. The van der Waals surface area contributed by atoms with Crippen LogP contribution in [-0.2, 0) is 4.79 Å². The van der Waals surface area contributed by atoms with Crippen LogP contribution in [0.3, 0.4) is 0 Å². The molecule has 3 aromatic rings. The SMILES string of the molecule is COc1cc(NC(=O)C(=O)c2c(C)nn(-c3ccccc3)c2C)cc(OC)c1OC. The normalized spacial score (nSPS) is 10.4. The summed E-state index contributed by atoms with van der Waals surface area (Å²) >= 11 is 0. The van der Waals surface area contributed by atoms with Crippen molar-refractivity contribution in [1.29, 1.82) is 0 Å². The van der Waals surface area contributed by atoms with E-state index in [1.165, 1.54) is 21.3 Å². The number of anilines is 1. The summed E-state index contributed by atoms with van der Waals surface area (Å²) in [4.78, 5) is 25.6. The van der Waals surface area contributed by atoms with Crippen LogP contribution in [0, 0.1) is 13.8 Å². The summed E-state index contributed by atoms with van der Waals surface area (Å²) in [6, 6.07) is 12.5. The zero-order valence-corrected chi connectivity index (χ0v) is 17.5. The lowest BCUT2D eigenvalue weighted by atomic mass is 10.1. The molecule has 8 heteroatoms. The van der Waals surface area contributed by atoms with Gasteiger partial charge in [0.2, 0.25) is 5.75 Å². The molecule has 0 atom stereocenters. The van der Waals surface area contributed by atoms with Gasteiger partial charge in [0.25, 0.3) is 11.7 Å². The first-order chi connectivity index (χ1) is 14.4. The van der Waals surface area contributed by atoms with Crippen molar-refractivity contribution in [3.63, 3.8) is 0 Å². The number of carbonyl (C=O) groups excluding carboxylic acids is 2. The molecule has 0 fully saturated rings. The number of nitrogens with one attached hydrogen (secondary N) is 1. The number of aryl methyl sites for hydroxylation is 1. The van der Waals surface area contributed by atoms with Crippen molar-refractivity contribution in [3.8, 4) is 22.9 Å². The zero-order valence-electron chi connectivity index (χ0n) is 17.5. The largest absolute Gasteiger partial charge is 0.493 e. The number of ketones is 1. The van der Waals surface area contributed by atoms with Gasteiger partial charge in [0.05, 0.1) is 44.0 Å².